The summed E-state index contributed by atoms with van der Waals surface area (Å²) in [5.74, 6) is 0.913. The first kappa shape index (κ1) is 18.7. The van der Waals surface area contributed by atoms with Crippen molar-refractivity contribution in [1.82, 2.24) is 10.2 Å². The summed E-state index contributed by atoms with van der Waals surface area (Å²) in [6.45, 7) is 4.82. The molecule has 1 aliphatic rings. The van der Waals surface area contributed by atoms with E-state index in [1.807, 2.05) is 36.2 Å². The van der Waals surface area contributed by atoms with Gasteiger partial charge in [-0.25, -0.2) is 0 Å². The number of amides is 1. The number of rotatable bonds is 8. The normalized spacial score (nSPS) is 15.5. The molecule has 0 radical (unpaired) electrons. The van der Waals surface area contributed by atoms with Gasteiger partial charge in [0.2, 0.25) is 5.91 Å². The van der Waals surface area contributed by atoms with Gasteiger partial charge < -0.3 is 10.2 Å². The maximum Gasteiger partial charge on any atom is 0.223 e. The number of nitrogens with one attached hydrogen (secondary N) is 1. The summed E-state index contributed by atoms with van der Waals surface area (Å²) in [6, 6.07) is 7.73. The van der Waals surface area contributed by atoms with Crippen LogP contribution in [0.1, 0.15) is 54.9 Å². The molecule has 2 rings (SSSR count). The first-order chi connectivity index (χ1) is 11.6. The van der Waals surface area contributed by atoms with E-state index in [4.69, 9.17) is 0 Å². The van der Waals surface area contributed by atoms with Crippen LogP contribution >= 0.6 is 0 Å². The molecule has 0 spiro atoms. The van der Waals surface area contributed by atoms with Crippen LogP contribution in [0.15, 0.2) is 24.3 Å². The maximum absolute atomic E-state index is 12.3. The minimum Gasteiger partial charge on any atom is -0.343 e. The summed E-state index contributed by atoms with van der Waals surface area (Å²) in [4.78, 5) is 26.5. The lowest BCUT2D eigenvalue weighted by molar-refractivity contribution is -0.132. The zero-order valence-corrected chi connectivity index (χ0v) is 15.0. The predicted molar refractivity (Wildman–Crippen MR) is 97.2 cm³/mol. The van der Waals surface area contributed by atoms with E-state index in [-0.39, 0.29) is 11.7 Å². The molecule has 132 valence electrons. The summed E-state index contributed by atoms with van der Waals surface area (Å²) < 4.78 is 0. The third-order valence-corrected chi connectivity index (χ3v) is 5.02. The van der Waals surface area contributed by atoms with E-state index in [1.54, 1.807) is 0 Å². The van der Waals surface area contributed by atoms with Crippen molar-refractivity contribution in [2.45, 2.75) is 45.4 Å². The molecule has 0 aromatic heterocycles. The van der Waals surface area contributed by atoms with Crippen molar-refractivity contribution in [2.75, 3.05) is 26.7 Å². The molecule has 0 bridgehead atoms. The summed E-state index contributed by atoms with van der Waals surface area (Å²) in [6.07, 6.45) is 4.96. The molecule has 1 N–H and O–H groups in total. The molecule has 0 atom stereocenters. The molecule has 1 aromatic carbocycles. The number of aryl methyl sites for hydroxylation is 1. The minimum atomic E-state index is 0.0647. The van der Waals surface area contributed by atoms with Crippen LogP contribution in [0, 0.1) is 5.92 Å². The van der Waals surface area contributed by atoms with Crippen molar-refractivity contribution in [1.29, 1.82) is 0 Å². The Labute approximate surface area is 145 Å². The molecular formula is C20H30N2O2. The molecule has 4 nitrogen and oxygen atoms in total. The smallest absolute Gasteiger partial charge is 0.223 e. The number of nitrogens with zero attached hydrogens (tertiary/aromatic N) is 1. The number of ketones is 1. The largest absolute Gasteiger partial charge is 0.343 e. The maximum atomic E-state index is 12.3. The van der Waals surface area contributed by atoms with Crippen LogP contribution in [0.4, 0.5) is 0 Å². The Kier molecular flexibility index (Phi) is 7.44. The zero-order valence-electron chi connectivity index (χ0n) is 15.0. The molecule has 1 heterocycles. The molecule has 1 aromatic rings. The van der Waals surface area contributed by atoms with Gasteiger partial charge in [-0.3, -0.25) is 9.59 Å². The highest BCUT2D eigenvalue weighted by molar-refractivity contribution is 5.97. The van der Waals surface area contributed by atoms with Crippen molar-refractivity contribution in [2.24, 2.45) is 5.92 Å². The van der Waals surface area contributed by atoms with Gasteiger partial charge >= 0.3 is 0 Å². The molecule has 1 saturated heterocycles. The van der Waals surface area contributed by atoms with E-state index < -0.39 is 0 Å². The monoisotopic (exact) mass is 330 g/mol. The SMILES string of the molecule is CCc1ccc(C(=O)CCC(=O)N2CCC(CCNC)CC2)cc1. The van der Waals surface area contributed by atoms with E-state index in [0.29, 0.717) is 18.4 Å². The third kappa shape index (κ3) is 5.45. The first-order valence-corrected chi connectivity index (χ1v) is 9.18. The second-order valence-corrected chi connectivity index (χ2v) is 6.69. The lowest BCUT2D eigenvalue weighted by Crippen LogP contribution is -2.39. The Morgan fingerprint density at radius 1 is 1.12 bits per heavy atom. The van der Waals surface area contributed by atoms with Gasteiger partial charge in [-0.05, 0) is 50.8 Å². The summed E-state index contributed by atoms with van der Waals surface area (Å²) in [7, 11) is 1.98. The van der Waals surface area contributed by atoms with Crippen LogP contribution in [0.5, 0.6) is 0 Å². The fourth-order valence-corrected chi connectivity index (χ4v) is 3.27. The van der Waals surface area contributed by atoms with Gasteiger partial charge in [0.1, 0.15) is 0 Å². The van der Waals surface area contributed by atoms with Crippen molar-refractivity contribution < 1.29 is 9.59 Å². The third-order valence-electron chi connectivity index (χ3n) is 5.02. The van der Waals surface area contributed by atoms with E-state index in [2.05, 4.69) is 12.2 Å². The fourth-order valence-electron chi connectivity index (χ4n) is 3.27. The number of piperidine rings is 1. The summed E-state index contributed by atoms with van der Waals surface area (Å²) in [5, 5.41) is 3.19. The highest BCUT2D eigenvalue weighted by Crippen LogP contribution is 2.21. The van der Waals surface area contributed by atoms with E-state index in [0.717, 1.165) is 44.8 Å². The molecular weight excluding hydrogens is 300 g/mol. The van der Waals surface area contributed by atoms with Gasteiger partial charge in [-0.1, -0.05) is 31.2 Å². The number of benzene rings is 1. The van der Waals surface area contributed by atoms with Crippen molar-refractivity contribution >= 4 is 11.7 Å². The standard InChI is InChI=1S/C20H30N2O2/c1-3-16-4-6-18(7-5-16)19(23)8-9-20(24)22-14-11-17(12-15-22)10-13-21-2/h4-7,17,21H,3,8-15H2,1-2H3. The average molecular weight is 330 g/mol. The lowest BCUT2D eigenvalue weighted by Gasteiger charge is -2.32. The van der Waals surface area contributed by atoms with E-state index in [9.17, 15) is 9.59 Å². The number of carbonyl (C=O) groups excluding carboxylic acids is 2. The number of carbonyl (C=O) groups is 2. The van der Waals surface area contributed by atoms with Crippen molar-refractivity contribution in [3.05, 3.63) is 35.4 Å². The Balaban J connectivity index is 1.73. The Bertz CT molecular complexity index is 531. The molecule has 24 heavy (non-hydrogen) atoms. The molecule has 0 saturated carbocycles. The summed E-state index contributed by atoms with van der Waals surface area (Å²) in [5.41, 5.74) is 1.94. The Morgan fingerprint density at radius 2 is 1.79 bits per heavy atom. The fraction of sp³-hybridized carbons (Fsp3) is 0.600. The van der Waals surface area contributed by atoms with Crippen LogP contribution in [0.3, 0.4) is 0 Å². The second-order valence-electron chi connectivity index (χ2n) is 6.69. The van der Waals surface area contributed by atoms with Crippen LogP contribution in [-0.4, -0.2) is 43.3 Å². The quantitative estimate of drug-likeness (QED) is 0.745. The van der Waals surface area contributed by atoms with Crippen molar-refractivity contribution in [3.8, 4) is 0 Å². The van der Waals surface area contributed by atoms with Gasteiger partial charge in [0, 0.05) is 31.5 Å². The van der Waals surface area contributed by atoms with Gasteiger partial charge in [0.05, 0.1) is 0 Å². The first-order valence-electron chi connectivity index (χ1n) is 9.18. The molecule has 1 amide bonds. The van der Waals surface area contributed by atoms with Gasteiger partial charge in [0.25, 0.3) is 0 Å². The zero-order chi connectivity index (χ0) is 17.4. The van der Waals surface area contributed by atoms with Crippen LogP contribution in [0.25, 0.3) is 0 Å². The number of hydrogen-bond donors (Lipinski definition) is 1. The molecule has 1 fully saturated rings. The van der Waals surface area contributed by atoms with E-state index >= 15 is 0 Å². The van der Waals surface area contributed by atoms with Gasteiger partial charge in [-0.2, -0.15) is 0 Å². The number of hydrogen-bond acceptors (Lipinski definition) is 3. The Morgan fingerprint density at radius 3 is 2.38 bits per heavy atom. The highest BCUT2D eigenvalue weighted by Gasteiger charge is 2.22. The van der Waals surface area contributed by atoms with Crippen molar-refractivity contribution in [3.63, 3.8) is 0 Å². The number of likely N-dealkylation sites (tertiary alicyclic amines) is 1. The number of Topliss-reactive ketones (excluding diaryl/α,β-unsaturated/α-hetero) is 1. The molecule has 1 aliphatic heterocycles. The lowest BCUT2D eigenvalue weighted by atomic mass is 9.93. The average Bonchev–Trinajstić information content (AvgIpc) is 2.64. The van der Waals surface area contributed by atoms with E-state index in [1.165, 1.54) is 12.0 Å². The summed E-state index contributed by atoms with van der Waals surface area (Å²) >= 11 is 0. The molecule has 4 heteroatoms. The van der Waals surface area contributed by atoms with Gasteiger partial charge in [-0.15, -0.1) is 0 Å². The molecule has 0 unspecified atom stereocenters. The van der Waals surface area contributed by atoms with Crippen LogP contribution in [-0.2, 0) is 11.2 Å². The van der Waals surface area contributed by atoms with Crippen LogP contribution in [0.2, 0.25) is 0 Å². The highest BCUT2D eigenvalue weighted by atomic mass is 16.2. The van der Waals surface area contributed by atoms with Gasteiger partial charge in [0.15, 0.2) is 5.78 Å². The molecule has 0 aliphatic carbocycles. The topological polar surface area (TPSA) is 49.4 Å². The minimum absolute atomic E-state index is 0.0647. The Hall–Kier alpha value is -1.68. The predicted octanol–water partition coefficient (Wildman–Crippen LogP) is 3.06. The van der Waals surface area contributed by atoms with Crippen LogP contribution < -0.4 is 5.32 Å². The second kappa shape index (κ2) is 9.58.